The lowest BCUT2D eigenvalue weighted by atomic mass is 9.80. The number of carbonyl (C=O) groups excluding carboxylic acids is 1. The zero-order valence-electron chi connectivity index (χ0n) is 35.8. The largest absolute Gasteiger partial charge is 0.497 e. The van der Waals surface area contributed by atoms with Gasteiger partial charge in [-0.05, 0) is 78.1 Å². The lowest BCUT2D eigenvalue weighted by Gasteiger charge is -2.43. The van der Waals surface area contributed by atoms with E-state index in [9.17, 15) is 24.2 Å². The summed E-state index contributed by atoms with van der Waals surface area (Å²) in [6.45, 7) is 5.49. The fourth-order valence-electron chi connectivity index (χ4n) is 7.69. The molecule has 5 aromatic rings. The third-order valence-electron chi connectivity index (χ3n) is 11.4. The minimum absolute atomic E-state index is 0.0398. The van der Waals surface area contributed by atoms with Gasteiger partial charge in [-0.25, -0.2) is 9.18 Å². The lowest BCUT2D eigenvalue weighted by Crippen LogP contribution is -2.55. The van der Waals surface area contributed by atoms with E-state index in [4.69, 9.17) is 23.4 Å². The van der Waals surface area contributed by atoms with E-state index in [0.29, 0.717) is 40.8 Å². The summed E-state index contributed by atoms with van der Waals surface area (Å²) in [5.74, 6) is 0.869. The number of halogens is 1. The Hall–Kier alpha value is -5.22. The van der Waals surface area contributed by atoms with E-state index in [1.165, 1.54) is 10.8 Å². The second-order valence-electron chi connectivity index (χ2n) is 14.8. The quantitative estimate of drug-likeness (QED) is 0.0446. The third kappa shape index (κ3) is 10.8. The highest BCUT2D eigenvalue weighted by atomic mass is 28.4. The Bertz CT molecular complexity index is 2120. The fraction of sp³-hybridized carbons (Fsp3) is 0.383. The second kappa shape index (κ2) is 22.0. The fourth-order valence-corrected chi connectivity index (χ4v) is 10.6. The summed E-state index contributed by atoms with van der Waals surface area (Å²) in [5.41, 5.74) is 0.920. The Morgan fingerprint density at radius 1 is 0.820 bits per heavy atom. The smallest absolute Gasteiger partial charge is 0.349 e. The molecular weight excluding hydrogens is 798 g/mol. The van der Waals surface area contributed by atoms with Crippen LogP contribution < -0.4 is 20.5 Å². The maximum atomic E-state index is 14.1. The van der Waals surface area contributed by atoms with Crippen LogP contribution in [0.1, 0.15) is 59.4 Å². The average Bonchev–Trinajstić information content (AvgIpc) is 3.31. The number of methoxy groups -OCH3 is 2. The van der Waals surface area contributed by atoms with Gasteiger partial charge in [-0.2, -0.15) is 4.98 Å². The van der Waals surface area contributed by atoms with Crippen molar-refractivity contribution in [3.05, 3.63) is 154 Å². The van der Waals surface area contributed by atoms with Crippen molar-refractivity contribution in [2.24, 2.45) is 0 Å². The van der Waals surface area contributed by atoms with Crippen molar-refractivity contribution in [3.8, 4) is 11.5 Å². The summed E-state index contributed by atoms with van der Waals surface area (Å²) in [5, 5.41) is 26.4. The number of aliphatic hydroxyl groups excluding tert-OH is 2. The molecule has 0 fully saturated rings. The molecule has 14 heteroatoms. The molecule has 1 heterocycles. The van der Waals surface area contributed by atoms with Crippen molar-refractivity contribution >= 4 is 20.0 Å². The number of hydrogen-bond acceptors (Lipinski definition) is 10. The highest BCUT2D eigenvalue weighted by Crippen LogP contribution is 2.42. The van der Waals surface area contributed by atoms with Crippen LogP contribution in [0, 0.1) is 6.92 Å². The lowest BCUT2D eigenvalue weighted by molar-refractivity contribution is -0.137. The van der Waals surface area contributed by atoms with Gasteiger partial charge in [-0.1, -0.05) is 93.6 Å². The van der Waals surface area contributed by atoms with Gasteiger partial charge in [0.1, 0.15) is 47.9 Å². The molecule has 4 atom stereocenters. The van der Waals surface area contributed by atoms with Crippen LogP contribution in [0.25, 0.3) is 0 Å². The Labute approximate surface area is 358 Å². The molecule has 0 saturated carbocycles. The van der Waals surface area contributed by atoms with Crippen molar-refractivity contribution in [1.29, 1.82) is 0 Å². The molecule has 0 aliphatic carbocycles. The number of aromatic nitrogens is 2. The number of anilines is 1. The van der Waals surface area contributed by atoms with E-state index in [-0.39, 0.29) is 12.4 Å². The molecule has 12 nitrogen and oxygen atoms in total. The first-order valence-electron chi connectivity index (χ1n) is 20.6. The highest BCUT2D eigenvalue weighted by Gasteiger charge is 2.45. The number of carbonyl (C=O) groups is 1. The Morgan fingerprint density at radius 2 is 1.34 bits per heavy atom. The third-order valence-corrected chi connectivity index (χ3v) is 16.0. The van der Waals surface area contributed by atoms with E-state index in [1.54, 1.807) is 51.5 Å². The van der Waals surface area contributed by atoms with Crippen LogP contribution >= 0.6 is 0 Å². The molecule has 0 bridgehead atoms. The minimum atomic E-state index is -2.63. The van der Waals surface area contributed by atoms with E-state index >= 15 is 0 Å². The molecule has 0 aliphatic rings. The number of amides is 1. The van der Waals surface area contributed by atoms with E-state index in [2.05, 4.69) is 10.3 Å². The molecule has 4 aromatic carbocycles. The molecule has 0 spiro atoms. The van der Waals surface area contributed by atoms with Crippen LogP contribution in [0.2, 0.25) is 18.1 Å². The first kappa shape index (κ1) is 46.8. The van der Waals surface area contributed by atoms with Gasteiger partial charge in [0, 0.05) is 17.3 Å². The number of hydrogen-bond donors (Lipinski definition) is 3. The highest BCUT2D eigenvalue weighted by molar-refractivity contribution is 6.73. The molecular formula is C47H58FN3O9Si. The number of alkyl halides is 1. The van der Waals surface area contributed by atoms with Crippen molar-refractivity contribution < 1.29 is 42.8 Å². The summed E-state index contributed by atoms with van der Waals surface area (Å²) in [6.07, 6.45) is -2.47. The molecule has 0 unspecified atom stereocenters. The van der Waals surface area contributed by atoms with Crippen LogP contribution in [0.4, 0.5) is 10.2 Å². The first-order chi connectivity index (χ1) is 29.5. The standard InChI is InChI=1S/C47H58FN3O9Si/c1-7-61(8-2,9-3)60-43(42(58-29-28-48)40(31-52)51-30-33(4)44(50-46(51)55)49-45(54)34-16-12-10-13-17-34)41(53)32-59-47(35-18-14-11-15-19-35,36-20-24-38(56-5)25-21-36)37-22-26-39(57-6)27-23-37/h10-27,30,40-43,52-53H,7-9,28-29,31-32H2,1-6H3,(H,49,50,54,55)/t40-,41-,42+,43-/m1/s1. The number of rotatable bonds is 23. The predicted molar refractivity (Wildman–Crippen MR) is 236 cm³/mol. The van der Waals surface area contributed by atoms with E-state index in [0.717, 1.165) is 16.7 Å². The van der Waals surface area contributed by atoms with Crippen LogP contribution in [0.5, 0.6) is 11.5 Å². The molecule has 5 rings (SSSR count). The van der Waals surface area contributed by atoms with Gasteiger partial charge in [0.05, 0.1) is 40.1 Å². The number of nitrogens with zero attached hydrogens (tertiary/aromatic N) is 2. The Morgan fingerprint density at radius 3 is 1.84 bits per heavy atom. The number of benzene rings is 4. The van der Waals surface area contributed by atoms with Gasteiger partial charge in [0.2, 0.25) is 0 Å². The Kier molecular flexibility index (Phi) is 16.9. The molecule has 0 aliphatic heterocycles. The van der Waals surface area contributed by atoms with Crippen LogP contribution in [-0.4, -0.2) is 93.0 Å². The number of aryl methyl sites for hydroxylation is 1. The van der Waals surface area contributed by atoms with Gasteiger partial charge in [-0.3, -0.25) is 9.36 Å². The second-order valence-corrected chi connectivity index (χ2v) is 19.5. The maximum absolute atomic E-state index is 14.1. The number of nitrogens with one attached hydrogen (secondary N) is 1. The molecule has 3 N–H and O–H groups in total. The van der Waals surface area contributed by atoms with Gasteiger partial charge >= 0.3 is 5.69 Å². The van der Waals surface area contributed by atoms with Crippen molar-refractivity contribution in [2.45, 2.75) is 75.8 Å². The van der Waals surface area contributed by atoms with Crippen molar-refractivity contribution in [3.63, 3.8) is 0 Å². The van der Waals surface area contributed by atoms with Crippen LogP contribution in [-0.2, 0) is 19.5 Å². The minimum Gasteiger partial charge on any atom is -0.497 e. The molecule has 1 amide bonds. The van der Waals surface area contributed by atoms with Crippen molar-refractivity contribution in [1.82, 2.24) is 9.55 Å². The molecule has 1 aromatic heterocycles. The van der Waals surface area contributed by atoms with Crippen LogP contribution in [0.3, 0.4) is 0 Å². The van der Waals surface area contributed by atoms with Gasteiger partial charge in [-0.15, -0.1) is 0 Å². The van der Waals surface area contributed by atoms with Crippen LogP contribution in [0.15, 0.2) is 120 Å². The number of aliphatic hydroxyl groups is 2. The number of ether oxygens (including phenoxy) is 4. The average molecular weight is 856 g/mol. The summed E-state index contributed by atoms with van der Waals surface area (Å²) in [6, 6.07) is 33.9. The summed E-state index contributed by atoms with van der Waals surface area (Å²) < 4.78 is 46.7. The molecule has 0 radical (unpaired) electrons. The monoisotopic (exact) mass is 855 g/mol. The van der Waals surface area contributed by atoms with E-state index in [1.807, 2.05) is 99.6 Å². The predicted octanol–water partition coefficient (Wildman–Crippen LogP) is 7.47. The molecule has 326 valence electrons. The Balaban J connectivity index is 1.62. The topological polar surface area (TPSA) is 151 Å². The zero-order valence-corrected chi connectivity index (χ0v) is 36.8. The van der Waals surface area contributed by atoms with Gasteiger partial charge < -0.3 is 38.9 Å². The van der Waals surface area contributed by atoms with Gasteiger partial charge in [0.25, 0.3) is 5.91 Å². The SMILES string of the molecule is CC[Si](CC)(CC)O[C@@H]([C@@H](OCCF)[C@@H](CO)n1cc(C)c(NC(=O)c2ccccc2)nc1=O)[C@H](O)COC(c1ccccc1)(c1ccc(OC)cc1)c1ccc(OC)cc1. The molecule has 0 saturated heterocycles. The van der Waals surface area contributed by atoms with Crippen molar-refractivity contribution in [2.75, 3.05) is 46.0 Å². The zero-order chi connectivity index (χ0) is 44.0. The summed E-state index contributed by atoms with van der Waals surface area (Å²) >= 11 is 0. The maximum Gasteiger partial charge on any atom is 0.349 e. The van der Waals surface area contributed by atoms with Gasteiger partial charge in [0.15, 0.2) is 8.32 Å². The first-order valence-corrected chi connectivity index (χ1v) is 23.1. The summed E-state index contributed by atoms with van der Waals surface area (Å²) in [7, 11) is 0.554. The molecule has 61 heavy (non-hydrogen) atoms. The summed E-state index contributed by atoms with van der Waals surface area (Å²) in [4.78, 5) is 31.1. The normalized spacial score (nSPS) is 13.9. The van der Waals surface area contributed by atoms with E-state index < -0.39 is 69.8 Å².